The summed E-state index contributed by atoms with van der Waals surface area (Å²) in [5.41, 5.74) is 1.56. The fraction of sp³-hybridized carbons (Fsp3) is 0.750. The second-order valence-corrected chi connectivity index (χ2v) is 2.81. The first kappa shape index (κ1) is 6.81. The van der Waals surface area contributed by atoms with E-state index in [-0.39, 0.29) is 0 Å². The summed E-state index contributed by atoms with van der Waals surface area (Å²) in [6.07, 6.45) is 6.16. The summed E-state index contributed by atoms with van der Waals surface area (Å²) in [6, 6.07) is 0.744. The van der Waals surface area contributed by atoms with Crippen LogP contribution in [0, 0.1) is 0 Å². The second-order valence-electron chi connectivity index (χ2n) is 2.81. The summed E-state index contributed by atoms with van der Waals surface area (Å²) < 4.78 is 0. The maximum atomic E-state index is 3.28. The van der Waals surface area contributed by atoms with Gasteiger partial charge in [0.2, 0.25) is 0 Å². The van der Waals surface area contributed by atoms with Gasteiger partial charge in [-0.2, -0.15) is 0 Å². The third-order valence-corrected chi connectivity index (χ3v) is 2.05. The van der Waals surface area contributed by atoms with Crippen LogP contribution in [0.25, 0.3) is 0 Å². The van der Waals surface area contributed by atoms with Crippen LogP contribution in [0.5, 0.6) is 0 Å². The molecular weight excluding hydrogens is 110 g/mol. The third kappa shape index (κ3) is 1.83. The van der Waals surface area contributed by atoms with E-state index in [0.29, 0.717) is 0 Å². The molecule has 0 aromatic carbocycles. The van der Waals surface area contributed by atoms with Gasteiger partial charge in [0, 0.05) is 6.04 Å². The molecule has 0 fully saturated rings. The van der Waals surface area contributed by atoms with Gasteiger partial charge in [0.05, 0.1) is 0 Å². The van der Waals surface area contributed by atoms with Crippen molar-refractivity contribution in [2.75, 3.05) is 7.05 Å². The molecule has 52 valence electrons. The van der Waals surface area contributed by atoms with Crippen molar-refractivity contribution in [3.05, 3.63) is 11.6 Å². The Kier molecular flexibility index (Phi) is 2.29. The summed E-state index contributed by atoms with van der Waals surface area (Å²) in [6.45, 7) is 2.21. The third-order valence-electron chi connectivity index (χ3n) is 2.05. The van der Waals surface area contributed by atoms with Gasteiger partial charge in [0.1, 0.15) is 0 Å². The predicted octanol–water partition coefficient (Wildman–Crippen LogP) is 1.70. The lowest BCUT2D eigenvalue weighted by molar-refractivity contribution is 0.507. The summed E-state index contributed by atoms with van der Waals surface area (Å²) in [5, 5.41) is 3.28. The largest absolute Gasteiger partial charge is 0.317 e. The summed E-state index contributed by atoms with van der Waals surface area (Å²) in [4.78, 5) is 0. The van der Waals surface area contributed by atoms with Gasteiger partial charge in [-0.05, 0) is 33.2 Å². The molecule has 1 rings (SSSR count). The molecular formula is C8H15N. The Morgan fingerprint density at radius 2 is 2.44 bits per heavy atom. The number of nitrogens with one attached hydrogen (secondary N) is 1. The normalized spacial score (nSPS) is 27.8. The predicted molar refractivity (Wildman–Crippen MR) is 40.5 cm³/mol. The Hall–Kier alpha value is -0.300. The van der Waals surface area contributed by atoms with Crippen molar-refractivity contribution in [3.63, 3.8) is 0 Å². The topological polar surface area (TPSA) is 12.0 Å². The number of hydrogen-bond donors (Lipinski definition) is 1. The van der Waals surface area contributed by atoms with Gasteiger partial charge in [0.25, 0.3) is 0 Å². The Labute approximate surface area is 57.1 Å². The minimum Gasteiger partial charge on any atom is -0.317 e. The minimum atomic E-state index is 0.744. The highest BCUT2D eigenvalue weighted by Gasteiger charge is 2.08. The van der Waals surface area contributed by atoms with Crippen molar-refractivity contribution >= 4 is 0 Å². The molecule has 1 nitrogen and oxygen atoms in total. The van der Waals surface area contributed by atoms with Crippen molar-refractivity contribution in [2.45, 2.75) is 32.2 Å². The van der Waals surface area contributed by atoms with Gasteiger partial charge < -0.3 is 5.32 Å². The van der Waals surface area contributed by atoms with Gasteiger partial charge in [-0.15, -0.1) is 0 Å². The van der Waals surface area contributed by atoms with Crippen LogP contribution in [0.2, 0.25) is 0 Å². The van der Waals surface area contributed by atoms with Crippen LogP contribution in [-0.2, 0) is 0 Å². The molecule has 0 bridgehead atoms. The average molecular weight is 125 g/mol. The lowest BCUT2D eigenvalue weighted by Gasteiger charge is -2.18. The Balaban J connectivity index is 2.36. The van der Waals surface area contributed by atoms with Gasteiger partial charge in [-0.3, -0.25) is 0 Å². The zero-order valence-electron chi connectivity index (χ0n) is 6.28. The molecule has 0 heterocycles. The Morgan fingerprint density at radius 1 is 1.67 bits per heavy atom. The van der Waals surface area contributed by atoms with E-state index in [1.807, 2.05) is 7.05 Å². The number of allylic oxidation sites excluding steroid dienone is 1. The molecule has 1 N–H and O–H groups in total. The lowest BCUT2D eigenvalue weighted by Crippen LogP contribution is -2.26. The van der Waals surface area contributed by atoms with Crippen molar-refractivity contribution in [3.8, 4) is 0 Å². The first-order valence-corrected chi connectivity index (χ1v) is 3.66. The van der Waals surface area contributed by atoms with Crippen LogP contribution in [0.15, 0.2) is 11.6 Å². The summed E-state index contributed by atoms with van der Waals surface area (Å²) in [7, 11) is 2.04. The van der Waals surface area contributed by atoms with Gasteiger partial charge in [-0.25, -0.2) is 0 Å². The van der Waals surface area contributed by atoms with E-state index in [2.05, 4.69) is 18.3 Å². The standard InChI is InChI=1S/C8H15N/c1-7-3-5-8(9-2)6-4-7/h3,8-9H,4-6H2,1-2H3/t8-/m0/s1. The molecule has 1 aliphatic carbocycles. The van der Waals surface area contributed by atoms with Gasteiger partial charge in [-0.1, -0.05) is 11.6 Å². The average Bonchev–Trinajstić information content (AvgIpc) is 1.90. The molecule has 0 amide bonds. The fourth-order valence-corrected chi connectivity index (χ4v) is 1.23. The highest BCUT2D eigenvalue weighted by atomic mass is 14.9. The molecule has 0 saturated heterocycles. The first-order valence-electron chi connectivity index (χ1n) is 3.66. The zero-order valence-corrected chi connectivity index (χ0v) is 6.28. The van der Waals surface area contributed by atoms with E-state index < -0.39 is 0 Å². The van der Waals surface area contributed by atoms with Gasteiger partial charge in [0.15, 0.2) is 0 Å². The van der Waals surface area contributed by atoms with E-state index in [1.54, 1.807) is 5.57 Å². The van der Waals surface area contributed by atoms with E-state index in [1.165, 1.54) is 19.3 Å². The molecule has 0 aromatic rings. The first-order chi connectivity index (χ1) is 4.33. The molecule has 1 aliphatic rings. The number of rotatable bonds is 1. The van der Waals surface area contributed by atoms with Crippen LogP contribution in [0.1, 0.15) is 26.2 Å². The molecule has 0 aromatic heterocycles. The molecule has 1 atom stereocenters. The molecule has 0 saturated carbocycles. The highest BCUT2D eigenvalue weighted by molar-refractivity contribution is 5.04. The summed E-state index contributed by atoms with van der Waals surface area (Å²) >= 11 is 0. The van der Waals surface area contributed by atoms with Gasteiger partial charge >= 0.3 is 0 Å². The molecule has 0 radical (unpaired) electrons. The van der Waals surface area contributed by atoms with Crippen LogP contribution in [-0.4, -0.2) is 13.1 Å². The SMILES string of the molecule is CN[C@H]1CC=C(C)CC1. The molecule has 0 aliphatic heterocycles. The molecule has 1 heteroatoms. The fourth-order valence-electron chi connectivity index (χ4n) is 1.23. The van der Waals surface area contributed by atoms with E-state index in [9.17, 15) is 0 Å². The monoisotopic (exact) mass is 125 g/mol. The highest BCUT2D eigenvalue weighted by Crippen LogP contribution is 2.16. The van der Waals surface area contributed by atoms with E-state index in [0.717, 1.165) is 6.04 Å². The maximum absolute atomic E-state index is 3.28. The number of hydrogen-bond acceptors (Lipinski definition) is 1. The summed E-state index contributed by atoms with van der Waals surface area (Å²) in [5.74, 6) is 0. The van der Waals surface area contributed by atoms with Crippen molar-refractivity contribution in [1.82, 2.24) is 5.32 Å². The molecule has 0 unspecified atom stereocenters. The van der Waals surface area contributed by atoms with Crippen molar-refractivity contribution < 1.29 is 0 Å². The zero-order chi connectivity index (χ0) is 6.69. The van der Waals surface area contributed by atoms with Crippen LogP contribution >= 0.6 is 0 Å². The second kappa shape index (κ2) is 3.02. The molecule has 0 spiro atoms. The van der Waals surface area contributed by atoms with Crippen LogP contribution in [0.3, 0.4) is 0 Å². The molecule has 9 heavy (non-hydrogen) atoms. The Bertz CT molecular complexity index is 116. The van der Waals surface area contributed by atoms with E-state index in [4.69, 9.17) is 0 Å². The van der Waals surface area contributed by atoms with Crippen molar-refractivity contribution in [1.29, 1.82) is 0 Å². The smallest absolute Gasteiger partial charge is 0.0102 e. The van der Waals surface area contributed by atoms with Crippen LogP contribution in [0.4, 0.5) is 0 Å². The van der Waals surface area contributed by atoms with Crippen LogP contribution < -0.4 is 5.32 Å². The van der Waals surface area contributed by atoms with E-state index >= 15 is 0 Å². The Morgan fingerprint density at radius 3 is 2.89 bits per heavy atom. The minimum absolute atomic E-state index is 0.744. The lowest BCUT2D eigenvalue weighted by atomic mass is 9.97. The quantitative estimate of drug-likeness (QED) is 0.526. The van der Waals surface area contributed by atoms with Crippen molar-refractivity contribution in [2.24, 2.45) is 0 Å². The maximum Gasteiger partial charge on any atom is 0.0102 e.